The normalized spacial score (nSPS) is 31.5. The summed E-state index contributed by atoms with van der Waals surface area (Å²) in [6.07, 6.45) is 8.65. The van der Waals surface area contributed by atoms with E-state index in [2.05, 4.69) is 24.1 Å². The highest BCUT2D eigenvalue weighted by Gasteiger charge is 2.32. The van der Waals surface area contributed by atoms with Gasteiger partial charge in [0.2, 0.25) is 0 Å². The van der Waals surface area contributed by atoms with Gasteiger partial charge in [0.1, 0.15) is 0 Å². The molecule has 2 fully saturated rings. The minimum Gasteiger partial charge on any atom is -0.314 e. The van der Waals surface area contributed by atoms with Crippen molar-refractivity contribution in [1.82, 2.24) is 10.2 Å². The fourth-order valence-electron chi connectivity index (χ4n) is 3.48. The van der Waals surface area contributed by atoms with E-state index >= 15 is 0 Å². The van der Waals surface area contributed by atoms with Crippen LogP contribution in [0.15, 0.2) is 0 Å². The highest BCUT2D eigenvalue weighted by Crippen LogP contribution is 2.30. The van der Waals surface area contributed by atoms with E-state index in [4.69, 9.17) is 0 Å². The lowest BCUT2D eigenvalue weighted by molar-refractivity contribution is 0.0583. The molecule has 1 saturated carbocycles. The third-order valence-corrected chi connectivity index (χ3v) is 4.68. The Morgan fingerprint density at radius 1 is 1.25 bits per heavy atom. The predicted molar refractivity (Wildman–Crippen MR) is 69.7 cm³/mol. The van der Waals surface area contributed by atoms with Gasteiger partial charge in [-0.25, -0.2) is 0 Å². The van der Waals surface area contributed by atoms with Crippen molar-refractivity contribution in [2.24, 2.45) is 5.92 Å². The van der Waals surface area contributed by atoms with Crippen LogP contribution < -0.4 is 5.32 Å². The standard InChI is InChI=1S/C14H28N2/c1-3-12(2)16-10-9-15-11-14(16)13-7-5-4-6-8-13/h12-15H,3-11H2,1-2H3. The molecule has 2 unspecified atom stereocenters. The first-order valence-corrected chi connectivity index (χ1v) is 7.29. The van der Waals surface area contributed by atoms with E-state index in [1.807, 2.05) is 0 Å². The van der Waals surface area contributed by atoms with Crippen molar-refractivity contribution in [3.05, 3.63) is 0 Å². The summed E-state index contributed by atoms with van der Waals surface area (Å²) < 4.78 is 0. The minimum atomic E-state index is 0.772. The van der Waals surface area contributed by atoms with Gasteiger partial charge in [-0.2, -0.15) is 0 Å². The average molecular weight is 224 g/mol. The number of piperazine rings is 1. The first kappa shape index (κ1) is 12.4. The Balaban J connectivity index is 1.97. The van der Waals surface area contributed by atoms with E-state index in [-0.39, 0.29) is 0 Å². The van der Waals surface area contributed by atoms with Crippen molar-refractivity contribution in [1.29, 1.82) is 0 Å². The third kappa shape index (κ3) is 2.78. The van der Waals surface area contributed by atoms with E-state index in [1.165, 1.54) is 58.2 Å². The van der Waals surface area contributed by atoms with Crippen molar-refractivity contribution in [2.45, 2.75) is 64.5 Å². The number of hydrogen-bond acceptors (Lipinski definition) is 2. The van der Waals surface area contributed by atoms with Gasteiger partial charge < -0.3 is 5.32 Å². The number of rotatable bonds is 3. The molecular weight excluding hydrogens is 196 g/mol. The van der Waals surface area contributed by atoms with Crippen molar-refractivity contribution in [3.63, 3.8) is 0 Å². The van der Waals surface area contributed by atoms with Crippen LogP contribution >= 0.6 is 0 Å². The zero-order chi connectivity index (χ0) is 11.4. The number of nitrogens with one attached hydrogen (secondary N) is 1. The van der Waals surface area contributed by atoms with Crippen LogP contribution in [-0.4, -0.2) is 36.6 Å². The Morgan fingerprint density at radius 3 is 2.69 bits per heavy atom. The molecule has 2 aliphatic rings. The van der Waals surface area contributed by atoms with Gasteiger partial charge in [0.25, 0.3) is 0 Å². The SMILES string of the molecule is CCC(C)N1CCNCC1C1CCCCC1. The Labute approximate surface area is 101 Å². The Kier molecular flexibility index (Phi) is 4.66. The van der Waals surface area contributed by atoms with Crippen molar-refractivity contribution in [2.75, 3.05) is 19.6 Å². The molecule has 2 nitrogen and oxygen atoms in total. The molecule has 0 bridgehead atoms. The topological polar surface area (TPSA) is 15.3 Å². The molecule has 0 radical (unpaired) electrons. The van der Waals surface area contributed by atoms with Crippen LogP contribution in [0.5, 0.6) is 0 Å². The van der Waals surface area contributed by atoms with Crippen LogP contribution in [0.4, 0.5) is 0 Å². The van der Waals surface area contributed by atoms with Gasteiger partial charge >= 0.3 is 0 Å². The van der Waals surface area contributed by atoms with Gasteiger partial charge in [0.15, 0.2) is 0 Å². The Hall–Kier alpha value is -0.0800. The third-order valence-electron chi connectivity index (χ3n) is 4.68. The summed E-state index contributed by atoms with van der Waals surface area (Å²) in [6.45, 7) is 8.41. The summed E-state index contributed by atoms with van der Waals surface area (Å²) in [6, 6.07) is 1.60. The molecule has 1 saturated heterocycles. The molecule has 1 aliphatic carbocycles. The quantitative estimate of drug-likeness (QED) is 0.793. The number of nitrogens with zero attached hydrogens (tertiary/aromatic N) is 1. The van der Waals surface area contributed by atoms with E-state index in [9.17, 15) is 0 Å². The molecule has 0 aromatic rings. The molecule has 2 heteroatoms. The van der Waals surface area contributed by atoms with Gasteiger partial charge in [-0.15, -0.1) is 0 Å². The van der Waals surface area contributed by atoms with Crippen LogP contribution in [0.3, 0.4) is 0 Å². The van der Waals surface area contributed by atoms with Crippen LogP contribution in [0.1, 0.15) is 52.4 Å². The Bertz CT molecular complexity index is 199. The minimum absolute atomic E-state index is 0.772. The van der Waals surface area contributed by atoms with Gasteiger partial charge in [0, 0.05) is 31.7 Å². The first-order chi connectivity index (χ1) is 7.83. The fourth-order valence-corrected chi connectivity index (χ4v) is 3.48. The van der Waals surface area contributed by atoms with Gasteiger partial charge in [-0.3, -0.25) is 4.90 Å². The molecule has 16 heavy (non-hydrogen) atoms. The second kappa shape index (κ2) is 6.02. The monoisotopic (exact) mass is 224 g/mol. The summed E-state index contributed by atoms with van der Waals surface area (Å²) in [5, 5.41) is 3.60. The zero-order valence-corrected chi connectivity index (χ0v) is 11.0. The molecule has 1 aliphatic heterocycles. The highest BCUT2D eigenvalue weighted by atomic mass is 15.2. The highest BCUT2D eigenvalue weighted by molar-refractivity contribution is 4.89. The van der Waals surface area contributed by atoms with Crippen LogP contribution in [0.2, 0.25) is 0 Å². The predicted octanol–water partition coefficient (Wildman–Crippen LogP) is 2.64. The maximum atomic E-state index is 3.60. The average Bonchev–Trinajstić information content (AvgIpc) is 2.39. The van der Waals surface area contributed by atoms with Crippen molar-refractivity contribution < 1.29 is 0 Å². The number of hydrogen-bond donors (Lipinski definition) is 1. The molecule has 0 amide bonds. The largest absolute Gasteiger partial charge is 0.314 e. The molecule has 1 N–H and O–H groups in total. The lowest BCUT2D eigenvalue weighted by atomic mass is 9.82. The molecule has 0 spiro atoms. The summed E-state index contributed by atoms with van der Waals surface area (Å²) in [7, 11) is 0. The van der Waals surface area contributed by atoms with Crippen molar-refractivity contribution >= 4 is 0 Å². The summed E-state index contributed by atoms with van der Waals surface area (Å²) in [4.78, 5) is 2.78. The Morgan fingerprint density at radius 2 is 2.00 bits per heavy atom. The van der Waals surface area contributed by atoms with E-state index in [0.717, 1.165) is 18.0 Å². The molecule has 2 atom stereocenters. The van der Waals surface area contributed by atoms with E-state index in [0.29, 0.717) is 0 Å². The first-order valence-electron chi connectivity index (χ1n) is 7.29. The van der Waals surface area contributed by atoms with E-state index in [1.54, 1.807) is 0 Å². The van der Waals surface area contributed by atoms with Crippen molar-refractivity contribution in [3.8, 4) is 0 Å². The molecule has 0 aromatic heterocycles. The fraction of sp³-hybridized carbons (Fsp3) is 1.00. The summed E-state index contributed by atoms with van der Waals surface area (Å²) >= 11 is 0. The molecule has 0 aromatic carbocycles. The van der Waals surface area contributed by atoms with Crippen LogP contribution in [-0.2, 0) is 0 Å². The maximum Gasteiger partial charge on any atom is 0.0252 e. The second-order valence-electron chi connectivity index (χ2n) is 5.66. The molecular formula is C14H28N2. The smallest absolute Gasteiger partial charge is 0.0252 e. The van der Waals surface area contributed by atoms with Crippen LogP contribution in [0.25, 0.3) is 0 Å². The molecule has 1 heterocycles. The lowest BCUT2D eigenvalue weighted by Crippen LogP contribution is -2.57. The molecule has 94 valence electrons. The molecule has 2 rings (SSSR count). The zero-order valence-electron chi connectivity index (χ0n) is 11.0. The van der Waals surface area contributed by atoms with Gasteiger partial charge in [-0.1, -0.05) is 26.2 Å². The summed E-state index contributed by atoms with van der Waals surface area (Å²) in [5.41, 5.74) is 0. The van der Waals surface area contributed by atoms with Gasteiger partial charge in [0.05, 0.1) is 0 Å². The summed E-state index contributed by atoms with van der Waals surface area (Å²) in [5.74, 6) is 0.968. The van der Waals surface area contributed by atoms with Gasteiger partial charge in [-0.05, 0) is 32.1 Å². The maximum absolute atomic E-state index is 3.60. The lowest BCUT2D eigenvalue weighted by Gasteiger charge is -2.45. The second-order valence-corrected chi connectivity index (χ2v) is 5.66. The van der Waals surface area contributed by atoms with Crippen LogP contribution in [0, 0.1) is 5.92 Å². The van der Waals surface area contributed by atoms with E-state index < -0.39 is 0 Å².